The molecule has 1 saturated carbocycles. The van der Waals surface area contributed by atoms with Crippen LogP contribution in [0.5, 0.6) is 5.75 Å². The van der Waals surface area contributed by atoms with Crippen molar-refractivity contribution >= 4 is 23.6 Å². The molecule has 0 atom stereocenters. The number of hydrogen-bond donors (Lipinski definition) is 2. The molecular formula is C26H24N2O3. The Morgan fingerprint density at radius 2 is 1.61 bits per heavy atom. The molecule has 1 aliphatic carbocycles. The first kappa shape index (κ1) is 20.4. The smallest absolute Gasteiger partial charge is 0.251 e. The lowest BCUT2D eigenvalue weighted by Crippen LogP contribution is -2.25. The number of anilines is 1. The van der Waals surface area contributed by atoms with E-state index >= 15 is 0 Å². The van der Waals surface area contributed by atoms with Gasteiger partial charge < -0.3 is 15.4 Å². The molecule has 3 aromatic carbocycles. The van der Waals surface area contributed by atoms with Crippen molar-refractivity contribution in [2.45, 2.75) is 25.5 Å². The summed E-state index contributed by atoms with van der Waals surface area (Å²) in [5.41, 5.74) is 3.24. The highest BCUT2D eigenvalue weighted by Crippen LogP contribution is 2.20. The zero-order valence-electron chi connectivity index (χ0n) is 17.1. The highest BCUT2D eigenvalue weighted by Gasteiger charge is 2.23. The number of ether oxygens (including phenoxy) is 1. The lowest BCUT2D eigenvalue weighted by atomic mass is 10.2. The van der Waals surface area contributed by atoms with Crippen molar-refractivity contribution in [3.63, 3.8) is 0 Å². The van der Waals surface area contributed by atoms with E-state index < -0.39 is 0 Å². The van der Waals surface area contributed by atoms with Crippen LogP contribution in [-0.4, -0.2) is 17.9 Å². The minimum atomic E-state index is -0.236. The normalized spacial score (nSPS) is 13.0. The van der Waals surface area contributed by atoms with Crippen LogP contribution in [0.1, 0.15) is 34.3 Å². The standard InChI is InChI=1S/C26H24N2O3/c29-25(27-22-11-9-21(10-12-22)26(30)28-23-13-14-23)17-8-19-6-15-24(16-7-19)31-18-20-4-2-1-3-5-20/h1-12,15-17,23H,13-14,18H2,(H,27,29)(H,28,30)/b17-8+. The van der Waals surface area contributed by atoms with Crippen LogP contribution >= 0.6 is 0 Å². The van der Waals surface area contributed by atoms with Crippen LogP contribution in [0.2, 0.25) is 0 Å². The molecule has 1 aliphatic rings. The molecule has 0 aromatic heterocycles. The molecule has 0 bridgehead atoms. The van der Waals surface area contributed by atoms with Crippen molar-refractivity contribution in [1.29, 1.82) is 0 Å². The molecule has 0 aliphatic heterocycles. The summed E-state index contributed by atoms with van der Waals surface area (Å²) >= 11 is 0. The van der Waals surface area contributed by atoms with E-state index in [1.807, 2.05) is 54.6 Å². The Morgan fingerprint density at radius 3 is 2.29 bits per heavy atom. The molecule has 0 spiro atoms. The summed E-state index contributed by atoms with van der Waals surface area (Å²) in [5.74, 6) is 0.465. The topological polar surface area (TPSA) is 67.4 Å². The molecule has 0 radical (unpaired) electrons. The molecule has 0 heterocycles. The Labute approximate surface area is 181 Å². The van der Waals surface area contributed by atoms with E-state index in [0.29, 0.717) is 23.9 Å². The largest absolute Gasteiger partial charge is 0.489 e. The molecule has 5 nitrogen and oxygen atoms in total. The second kappa shape index (κ2) is 9.76. The number of nitrogens with one attached hydrogen (secondary N) is 2. The van der Waals surface area contributed by atoms with Gasteiger partial charge in [0.1, 0.15) is 12.4 Å². The fraction of sp³-hybridized carbons (Fsp3) is 0.154. The van der Waals surface area contributed by atoms with Gasteiger partial charge in [0.25, 0.3) is 5.91 Å². The maximum atomic E-state index is 12.2. The zero-order valence-corrected chi connectivity index (χ0v) is 17.1. The quantitative estimate of drug-likeness (QED) is 0.522. The summed E-state index contributed by atoms with van der Waals surface area (Å²) in [4.78, 5) is 24.2. The number of benzene rings is 3. The van der Waals surface area contributed by atoms with E-state index in [2.05, 4.69) is 10.6 Å². The molecule has 0 saturated heterocycles. The predicted molar refractivity (Wildman–Crippen MR) is 122 cm³/mol. The molecule has 156 valence electrons. The lowest BCUT2D eigenvalue weighted by Gasteiger charge is -2.06. The Balaban J connectivity index is 1.26. The van der Waals surface area contributed by atoms with Gasteiger partial charge in [0.05, 0.1) is 0 Å². The maximum Gasteiger partial charge on any atom is 0.251 e. The summed E-state index contributed by atoms with van der Waals surface area (Å²) in [7, 11) is 0. The second-order valence-electron chi connectivity index (χ2n) is 7.49. The van der Waals surface area contributed by atoms with Crippen molar-refractivity contribution < 1.29 is 14.3 Å². The lowest BCUT2D eigenvalue weighted by molar-refractivity contribution is -0.111. The summed E-state index contributed by atoms with van der Waals surface area (Å²) in [6, 6.07) is 24.8. The van der Waals surface area contributed by atoms with Crippen LogP contribution in [0.3, 0.4) is 0 Å². The van der Waals surface area contributed by atoms with Gasteiger partial charge in [-0.05, 0) is 66.4 Å². The van der Waals surface area contributed by atoms with Gasteiger partial charge in [-0.1, -0.05) is 42.5 Å². The van der Waals surface area contributed by atoms with Gasteiger partial charge in [-0.3, -0.25) is 9.59 Å². The summed E-state index contributed by atoms with van der Waals surface area (Å²) < 4.78 is 5.77. The van der Waals surface area contributed by atoms with Gasteiger partial charge in [-0.15, -0.1) is 0 Å². The van der Waals surface area contributed by atoms with E-state index in [1.165, 1.54) is 6.08 Å². The third-order valence-corrected chi connectivity index (χ3v) is 4.88. The zero-order chi connectivity index (χ0) is 21.5. The predicted octanol–water partition coefficient (Wildman–Crippen LogP) is 4.81. The minimum Gasteiger partial charge on any atom is -0.489 e. The maximum absolute atomic E-state index is 12.2. The highest BCUT2D eigenvalue weighted by molar-refractivity contribution is 6.02. The third kappa shape index (κ3) is 6.31. The van der Waals surface area contributed by atoms with Gasteiger partial charge in [-0.2, -0.15) is 0 Å². The molecule has 2 N–H and O–H groups in total. The average molecular weight is 412 g/mol. The molecule has 2 amide bonds. The second-order valence-corrected chi connectivity index (χ2v) is 7.49. The van der Waals surface area contributed by atoms with Crippen LogP contribution in [0.25, 0.3) is 6.08 Å². The van der Waals surface area contributed by atoms with Crippen LogP contribution in [0.4, 0.5) is 5.69 Å². The monoisotopic (exact) mass is 412 g/mol. The summed E-state index contributed by atoms with van der Waals surface area (Å²) in [6.45, 7) is 0.513. The fourth-order valence-corrected chi connectivity index (χ4v) is 2.97. The van der Waals surface area contributed by atoms with Crippen molar-refractivity contribution in [3.8, 4) is 5.75 Å². The summed E-state index contributed by atoms with van der Waals surface area (Å²) in [6.07, 6.45) is 5.33. The summed E-state index contributed by atoms with van der Waals surface area (Å²) in [5, 5.41) is 5.74. The molecule has 1 fully saturated rings. The van der Waals surface area contributed by atoms with E-state index in [0.717, 1.165) is 29.7 Å². The van der Waals surface area contributed by atoms with E-state index in [4.69, 9.17) is 4.74 Å². The van der Waals surface area contributed by atoms with Crippen molar-refractivity contribution in [3.05, 3.63) is 102 Å². The average Bonchev–Trinajstić information content (AvgIpc) is 3.62. The minimum absolute atomic E-state index is 0.0727. The van der Waals surface area contributed by atoms with E-state index in [9.17, 15) is 9.59 Å². The number of carbonyl (C=O) groups is 2. The molecule has 0 unspecified atom stereocenters. The van der Waals surface area contributed by atoms with E-state index in [-0.39, 0.29) is 11.8 Å². The van der Waals surface area contributed by atoms with Crippen molar-refractivity contribution in [2.75, 3.05) is 5.32 Å². The first-order valence-corrected chi connectivity index (χ1v) is 10.3. The molecule has 4 rings (SSSR count). The van der Waals surface area contributed by atoms with Gasteiger partial charge in [0.15, 0.2) is 0 Å². The van der Waals surface area contributed by atoms with Crippen molar-refractivity contribution in [2.24, 2.45) is 0 Å². The van der Waals surface area contributed by atoms with Crippen molar-refractivity contribution in [1.82, 2.24) is 5.32 Å². The van der Waals surface area contributed by atoms with Gasteiger partial charge in [-0.25, -0.2) is 0 Å². The SMILES string of the molecule is O=C(/C=C/c1ccc(OCc2ccccc2)cc1)Nc1ccc(C(=O)NC2CC2)cc1. The fourth-order valence-electron chi connectivity index (χ4n) is 2.97. The first-order valence-electron chi connectivity index (χ1n) is 10.3. The molecular weight excluding hydrogens is 388 g/mol. The molecule has 3 aromatic rings. The van der Waals surface area contributed by atoms with Gasteiger partial charge in [0.2, 0.25) is 5.91 Å². The first-order chi connectivity index (χ1) is 15.2. The van der Waals surface area contributed by atoms with E-state index in [1.54, 1.807) is 30.3 Å². The number of amides is 2. The van der Waals surface area contributed by atoms with Gasteiger partial charge in [0, 0.05) is 23.4 Å². The van der Waals surface area contributed by atoms with Crippen LogP contribution in [-0.2, 0) is 11.4 Å². The highest BCUT2D eigenvalue weighted by atomic mass is 16.5. The molecule has 31 heavy (non-hydrogen) atoms. The van der Waals surface area contributed by atoms with Crippen LogP contribution < -0.4 is 15.4 Å². The third-order valence-electron chi connectivity index (χ3n) is 4.88. The Bertz CT molecular complexity index is 1050. The van der Waals surface area contributed by atoms with Gasteiger partial charge >= 0.3 is 0 Å². The Kier molecular flexibility index (Phi) is 6.43. The number of rotatable bonds is 8. The number of carbonyl (C=O) groups excluding carboxylic acids is 2. The van der Waals surface area contributed by atoms with Crippen LogP contribution in [0, 0.1) is 0 Å². The molecule has 5 heteroatoms. The Morgan fingerprint density at radius 1 is 0.903 bits per heavy atom. The Hall–Kier alpha value is -3.86. The number of hydrogen-bond acceptors (Lipinski definition) is 3. The van der Waals surface area contributed by atoms with Crippen LogP contribution in [0.15, 0.2) is 84.9 Å².